The van der Waals surface area contributed by atoms with Crippen molar-refractivity contribution in [1.29, 1.82) is 0 Å². The van der Waals surface area contributed by atoms with Crippen LogP contribution in [0.25, 0.3) is 82.4 Å². The number of para-hydroxylation sites is 1. The van der Waals surface area contributed by atoms with Gasteiger partial charge in [0.1, 0.15) is 0 Å². The molecule has 2 heterocycles. The number of benzene rings is 6. The average Bonchev–Trinajstić information content (AvgIpc) is 3.50. The first kappa shape index (κ1) is 20.8. The fourth-order valence-electron chi connectivity index (χ4n) is 6.64. The Balaban J connectivity index is 1.24. The number of pyridine rings is 1. The molecule has 0 spiro atoms. The molecule has 8 aromatic rings. The number of rotatable bonds is 2. The van der Waals surface area contributed by atoms with Gasteiger partial charge in [-0.15, -0.1) is 0 Å². The van der Waals surface area contributed by atoms with E-state index in [-0.39, 0.29) is 0 Å². The van der Waals surface area contributed by atoms with Crippen LogP contribution in [0.15, 0.2) is 134 Å². The molecule has 6 aromatic carbocycles. The lowest BCUT2D eigenvalue weighted by atomic mass is 9.95. The van der Waals surface area contributed by atoms with E-state index in [2.05, 4.69) is 131 Å². The molecule has 1 aliphatic rings. The summed E-state index contributed by atoms with van der Waals surface area (Å²) in [5.41, 5.74) is 11.4. The summed E-state index contributed by atoms with van der Waals surface area (Å²) in [5.74, 6) is 0. The van der Waals surface area contributed by atoms with Crippen molar-refractivity contribution in [3.8, 4) is 39.1 Å². The van der Waals surface area contributed by atoms with Crippen LogP contribution in [0.1, 0.15) is 0 Å². The summed E-state index contributed by atoms with van der Waals surface area (Å²) in [6.07, 6.45) is 3.71. The van der Waals surface area contributed by atoms with Gasteiger partial charge < -0.3 is 4.57 Å². The monoisotopic (exact) mass is 494 g/mol. The SMILES string of the molecule is c1cc2c3c(cccc3c1)-c1cc3cc(-c4ccc5c(c4)c4ccccc4n5-c4ccncc4)ccc3cc1-2. The molecule has 0 amide bonds. The second-order valence-corrected chi connectivity index (χ2v) is 10.5. The fourth-order valence-corrected chi connectivity index (χ4v) is 6.64. The van der Waals surface area contributed by atoms with Crippen molar-refractivity contribution in [1.82, 2.24) is 9.55 Å². The molecule has 9 rings (SSSR count). The molecule has 0 saturated heterocycles. The van der Waals surface area contributed by atoms with E-state index in [1.54, 1.807) is 0 Å². The van der Waals surface area contributed by atoms with Crippen molar-refractivity contribution in [2.24, 2.45) is 0 Å². The first-order valence-electron chi connectivity index (χ1n) is 13.4. The van der Waals surface area contributed by atoms with Gasteiger partial charge in [-0.1, -0.05) is 72.8 Å². The molecule has 0 radical (unpaired) electrons. The predicted molar refractivity (Wildman–Crippen MR) is 163 cm³/mol. The van der Waals surface area contributed by atoms with Crippen molar-refractivity contribution in [2.75, 3.05) is 0 Å². The highest BCUT2D eigenvalue weighted by Gasteiger charge is 2.21. The van der Waals surface area contributed by atoms with Gasteiger partial charge in [0.05, 0.1) is 11.0 Å². The maximum absolute atomic E-state index is 4.22. The highest BCUT2D eigenvalue weighted by atomic mass is 15.0. The second-order valence-electron chi connectivity index (χ2n) is 10.5. The second kappa shape index (κ2) is 7.66. The van der Waals surface area contributed by atoms with E-state index in [1.165, 1.54) is 76.7 Å². The zero-order chi connectivity index (χ0) is 25.5. The zero-order valence-electron chi connectivity index (χ0n) is 21.1. The Kier molecular flexibility index (Phi) is 4.08. The van der Waals surface area contributed by atoms with Crippen molar-refractivity contribution in [3.05, 3.63) is 134 Å². The Morgan fingerprint density at radius 3 is 1.95 bits per heavy atom. The van der Waals surface area contributed by atoms with Gasteiger partial charge >= 0.3 is 0 Å². The maximum Gasteiger partial charge on any atom is 0.0541 e. The Morgan fingerprint density at radius 2 is 1.13 bits per heavy atom. The molecule has 0 N–H and O–H groups in total. The summed E-state index contributed by atoms with van der Waals surface area (Å²) in [5, 5.41) is 7.76. The molecule has 0 fully saturated rings. The topological polar surface area (TPSA) is 17.8 Å². The molecule has 180 valence electrons. The lowest BCUT2D eigenvalue weighted by Gasteiger charge is -2.10. The summed E-state index contributed by atoms with van der Waals surface area (Å²) in [4.78, 5) is 4.22. The Bertz CT molecular complexity index is 2270. The summed E-state index contributed by atoms with van der Waals surface area (Å²) < 4.78 is 2.33. The Hall–Kier alpha value is -5.21. The Morgan fingerprint density at radius 1 is 0.436 bits per heavy atom. The first-order chi connectivity index (χ1) is 19.3. The maximum atomic E-state index is 4.22. The van der Waals surface area contributed by atoms with Crippen LogP contribution in [-0.2, 0) is 0 Å². The number of nitrogens with zero attached hydrogens (tertiary/aromatic N) is 2. The van der Waals surface area contributed by atoms with E-state index in [9.17, 15) is 0 Å². The molecule has 0 aliphatic heterocycles. The van der Waals surface area contributed by atoms with E-state index >= 15 is 0 Å². The van der Waals surface area contributed by atoms with Gasteiger partial charge in [0.25, 0.3) is 0 Å². The number of hydrogen-bond donors (Lipinski definition) is 0. The van der Waals surface area contributed by atoms with Crippen LogP contribution in [0, 0.1) is 0 Å². The molecule has 2 aromatic heterocycles. The van der Waals surface area contributed by atoms with Crippen molar-refractivity contribution in [2.45, 2.75) is 0 Å². The third kappa shape index (κ3) is 2.89. The van der Waals surface area contributed by atoms with Crippen LogP contribution in [0.3, 0.4) is 0 Å². The zero-order valence-corrected chi connectivity index (χ0v) is 21.1. The minimum absolute atomic E-state index is 1.12. The molecular formula is C37H22N2. The molecule has 2 heteroatoms. The van der Waals surface area contributed by atoms with Gasteiger partial charge in [0.15, 0.2) is 0 Å². The van der Waals surface area contributed by atoms with Gasteiger partial charge in [-0.2, -0.15) is 0 Å². The van der Waals surface area contributed by atoms with Gasteiger partial charge in [0, 0.05) is 28.9 Å². The summed E-state index contributed by atoms with van der Waals surface area (Å²) >= 11 is 0. The normalized spacial score (nSPS) is 12.1. The highest BCUT2D eigenvalue weighted by molar-refractivity contribution is 6.17. The molecule has 0 saturated carbocycles. The lowest BCUT2D eigenvalue weighted by Crippen LogP contribution is -1.93. The number of aromatic nitrogens is 2. The quantitative estimate of drug-likeness (QED) is 0.234. The van der Waals surface area contributed by atoms with Crippen LogP contribution in [0.5, 0.6) is 0 Å². The van der Waals surface area contributed by atoms with Crippen LogP contribution < -0.4 is 0 Å². The molecular weight excluding hydrogens is 472 g/mol. The Labute approximate surface area is 225 Å². The van der Waals surface area contributed by atoms with Crippen molar-refractivity contribution in [3.63, 3.8) is 0 Å². The summed E-state index contributed by atoms with van der Waals surface area (Å²) in [7, 11) is 0. The van der Waals surface area contributed by atoms with E-state index in [1.807, 2.05) is 12.4 Å². The third-order valence-electron chi connectivity index (χ3n) is 8.39. The third-order valence-corrected chi connectivity index (χ3v) is 8.39. The van der Waals surface area contributed by atoms with Gasteiger partial charge in [-0.25, -0.2) is 0 Å². The minimum atomic E-state index is 1.12. The highest BCUT2D eigenvalue weighted by Crippen LogP contribution is 2.48. The number of hydrogen-bond acceptors (Lipinski definition) is 1. The van der Waals surface area contributed by atoms with E-state index in [0.29, 0.717) is 0 Å². The van der Waals surface area contributed by atoms with Crippen LogP contribution >= 0.6 is 0 Å². The van der Waals surface area contributed by atoms with Gasteiger partial charge in [-0.05, 0) is 103 Å². The summed E-state index contributed by atoms with van der Waals surface area (Å²) in [6.45, 7) is 0. The molecule has 39 heavy (non-hydrogen) atoms. The van der Waals surface area contributed by atoms with Gasteiger partial charge in [-0.3, -0.25) is 4.98 Å². The van der Waals surface area contributed by atoms with Gasteiger partial charge in [0.2, 0.25) is 0 Å². The predicted octanol–water partition coefficient (Wildman–Crippen LogP) is 9.80. The van der Waals surface area contributed by atoms with Crippen LogP contribution in [0.2, 0.25) is 0 Å². The van der Waals surface area contributed by atoms with E-state index in [0.717, 1.165) is 5.69 Å². The lowest BCUT2D eigenvalue weighted by molar-refractivity contribution is 1.16. The molecule has 0 unspecified atom stereocenters. The molecule has 1 aliphatic carbocycles. The fraction of sp³-hybridized carbons (Fsp3) is 0. The van der Waals surface area contributed by atoms with E-state index in [4.69, 9.17) is 0 Å². The van der Waals surface area contributed by atoms with Crippen LogP contribution in [-0.4, -0.2) is 9.55 Å². The first-order valence-corrected chi connectivity index (χ1v) is 13.4. The standard InChI is InChI=1S/C37H22N2/c1-2-10-35-29(7-1)34-21-25(13-14-36(34)39(35)28-15-17-38-18-16-28)24-11-12-26-20-32-30-8-3-5-23-6-4-9-31(37(23)30)33(32)22-27(26)19-24/h1-22H. The largest absolute Gasteiger partial charge is 0.309 e. The van der Waals surface area contributed by atoms with Crippen molar-refractivity contribution < 1.29 is 0 Å². The van der Waals surface area contributed by atoms with E-state index < -0.39 is 0 Å². The van der Waals surface area contributed by atoms with Crippen LogP contribution in [0.4, 0.5) is 0 Å². The molecule has 0 atom stereocenters. The smallest absolute Gasteiger partial charge is 0.0541 e. The molecule has 0 bridgehead atoms. The molecule has 2 nitrogen and oxygen atoms in total. The average molecular weight is 495 g/mol. The number of fused-ring (bicyclic) bond motifs is 7. The van der Waals surface area contributed by atoms with Crippen molar-refractivity contribution >= 4 is 43.4 Å². The summed E-state index contributed by atoms with van der Waals surface area (Å²) in [6, 6.07) is 44.6. The minimum Gasteiger partial charge on any atom is -0.309 e.